The molecule has 20 heavy (non-hydrogen) atoms. The lowest BCUT2D eigenvalue weighted by Crippen LogP contribution is -2.04. The normalized spacial score (nSPS) is 10.6. The van der Waals surface area contributed by atoms with Gasteiger partial charge in [-0.15, -0.1) is 0 Å². The number of nitrogens with two attached hydrogens (primary N) is 1. The van der Waals surface area contributed by atoms with Crippen LogP contribution in [-0.4, -0.2) is 23.4 Å². The van der Waals surface area contributed by atoms with E-state index in [9.17, 15) is 0 Å². The van der Waals surface area contributed by atoms with Crippen molar-refractivity contribution < 1.29 is 9.47 Å². The number of halogens is 1. The molecular weight excluding hydrogens is 322 g/mol. The predicted molar refractivity (Wildman–Crippen MR) is 81.0 cm³/mol. The Morgan fingerprint density at radius 1 is 1.40 bits per heavy atom. The Morgan fingerprint density at radius 2 is 2.20 bits per heavy atom. The maximum Gasteiger partial charge on any atom is 0.175 e. The van der Waals surface area contributed by atoms with E-state index in [4.69, 9.17) is 15.2 Å². The molecule has 0 aliphatic carbocycles. The number of aryl methyl sites for hydroxylation is 1. The summed E-state index contributed by atoms with van der Waals surface area (Å²) in [7, 11) is 3.50. The zero-order valence-corrected chi connectivity index (χ0v) is 13.2. The minimum atomic E-state index is 0.395. The molecule has 0 spiro atoms. The summed E-state index contributed by atoms with van der Waals surface area (Å²) in [6, 6.07) is 5.87. The summed E-state index contributed by atoms with van der Waals surface area (Å²) in [5, 5.41) is 4.28. The summed E-state index contributed by atoms with van der Waals surface area (Å²) in [5.41, 5.74) is 7.56. The highest BCUT2D eigenvalue weighted by Gasteiger charge is 2.12. The molecule has 1 aromatic carbocycles. The Bertz CT molecular complexity index is 584. The Labute approximate surface area is 126 Å². The Kier molecular flexibility index (Phi) is 5.03. The van der Waals surface area contributed by atoms with E-state index in [0.717, 1.165) is 22.2 Å². The molecule has 6 heteroatoms. The van der Waals surface area contributed by atoms with Crippen LogP contribution in [0.25, 0.3) is 0 Å². The fourth-order valence-electron chi connectivity index (χ4n) is 1.91. The standard InChI is InChI=1S/C14H18BrN3O2/c1-18-6-4-11(17-18)9-20-14-12(15)7-10(3-5-16)8-13(14)19-2/h4,6-8H,3,5,9,16H2,1-2H3. The summed E-state index contributed by atoms with van der Waals surface area (Å²) in [6.07, 6.45) is 2.69. The molecule has 0 radical (unpaired) electrons. The van der Waals surface area contributed by atoms with Crippen LogP contribution < -0.4 is 15.2 Å². The topological polar surface area (TPSA) is 62.3 Å². The van der Waals surface area contributed by atoms with Gasteiger partial charge in [-0.25, -0.2) is 0 Å². The molecule has 0 fully saturated rings. The van der Waals surface area contributed by atoms with Crippen molar-refractivity contribution in [3.05, 3.63) is 40.1 Å². The summed E-state index contributed by atoms with van der Waals surface area (Å²) in [5.74, 6) is 1.37. The molecule has 108 valence electrons. The molecule has 2 N–H and O–H groups in total. The molecule has 1 heterocycles. The first-order valence-corrected chi connectivity index (χ1v) is 7.11. The molecule has 1 aromatic heterocycles. The Hall–Kier alpha value is -1.53. The van der Waals surface area contributed by atoms with Crippen molar-refractivity contribution in [2.24, 2.45) is 12.8 Å². The molecule has 0 atom stereocenters. The minimum absolute atomic E-state index is 0.395. The number of aromatic nitrogens is 2. The van der Waals surface area contributed by atoms with Crippen LogP contribution in [0.1, 0.15) is 11.3 Å². The third-order valence-electron chi connectivity index (χ3n) is 2.86. The first-order valence-electron chi connectivity index (χ1n) is 6.32. The van der Waals surface area contributed by atoms with E-state index in [2.05, 4.69) is 21.0 Å². The van der Waals surface area contributed by atoms with Gasteiger partial charge in [-0.2, -0.15) is 5.10 Å². The van der Waals surface area contributed by atoms with Gasteiger partial charge >= 0.3 is 0 Å². The molecule has 2 aromatic rings. The minimum Gasteiger partial charge on any atom is -0.493 e. The molecule has 0 aliphatic heterocycles. The molecular formula is C14H18BrN3O2. The summed E-state index contributed by atoms with van der Waals surface area (Å²) in [4.78, 5) is 0. The number of hydrogen-bond acceptors (Lipinski definition) is 4. The van der Waals surface area contributed by atoms with E-state index in [1.165, 1.54) is 0 Å². The van der Waals surface area contributed by atoms with Gasteiger partial charge in [0.25, 0.3) is 0 Å². The molecule has 5 nitrogen and oxygen atoms in total. The van der Waals surface area contributed by atoms with E-state index in [0.29, 0.717) is 24.7 Å². The molecule has 0 unspecified atom stereocenters. The smallest absolute Gasteiger partial charge is 0.175 e. The van der Waals surface area contributed by atoms with Crippen LogP contribution in [0.5, 0.6) is 11.5 Å². The number of nitrogens with zero attached hydrogens (tertiary/aromatic N) is 2. The number of methoxy groups -OCH3 is 1. The van der Waals surface area contributed by atoms with Gasteiger partial charge < -0.3 is 15.2 Å². The lowest BCUT2D eigenvalue weighted by Gasteiger charge is -2.13. The van der Waals surface area contributed by atoms with Gasteiger partial charge in [0.2, 0.25) is 0 Å². The summed E-state index contributed by atoms with van der Waals surface area (Å²) < 4.78 is 13.8. The van der Waals surface area contributed by atoms with Crippen LogP contribution >= 0.6 is 15.9 Å². The largest absolute Gasteiger partial charge is 0.493 e. The second-order valence-corrected chi connectivity index (χ2v) is 5.27. The van der Waals surface area contributed by atoms with Crippen molar-refractivity contribution in [2.75, 3.05) is 13.7 Å². The average molecular weight is 340 g/mol. The SMILES string of the molecule is COc1cc(CCN)cc(Br)c1OCc1ccn(C)n1. The molecule has 2 rings (SSSR count). The number of ether oxygens (including phenoxy) is 2. The van der Waals surface area contributed by atoms with Gasteiger partial charge in [0, 0.05) is 13.2 Å². The predicted octanol–water partition coefficient (Wildman–Crippen LogP) is 2.27. The van der Waals surface area contributed by atoms with Crippen LogP contribution in [-0.2, 0) is 20.1 Å². The summed E-state index contributed by atoms with van der Waals surface area (Å²) >= 11 is 3.52. The molecule has 0 saturated heterocycles. The van der Waals surface area contributed by atoms with E-state index in [1.807, 2.05) is 31.4 Å². The van der Waals surface area contributed by atoms with Crippen molar-refractivity contribution in [2.45, 2.75) is 13.0 Å². The highest BCUT2D eigenvalue weighted by Crippen LogP contribution is 2.37. The molecule has 0 bridgehead atoms. The Morgan fingerprint density at radius 3 is 2.80 bits per heavy atom. The second-order valence-electron chi connectivity index (χ2n) is 4.42. The van der Waals surface area contributed by atoms with Crippen LogP contribution in [0.3, 0.4) is 0 Å². The number of hydrogen-bond donors (Lipinski definition) is 1. The quantitative estimate of drug-likeness (QED) is 0.876. The van der Waals surface area contributed by atoms with Crippen molar-refractivity contribution in [1.29, 1.82) is 0 Å². The highest BCUT2D eigenvalue weighted by atomic mass is 79.9. The van der Waals surface area contributed by atoms with Gasteiger partial charge in [0.15, 0.2) is 11.5 Å². The second kappa shape index (κ2) is 6.76. The lowest BCUT2D eigenvalue weighted by molar-refractivity contribution is 0.277. The van der Waals surface area contributed by atoms with Crippen LogP contribution in [0.2, 0.25) is 0 Å². The zero-order chi connectivity index (χ0) is 14.5. The summed E-state index contributed by atoms with van der Waals surface area (Å²) in [6.45, 7) is 0.996. The lowest BCUT2D eigenvalue weighted by atomic mass is 10.1. The third-order valence-corrected chi connectivity index (χ3v) is 3.44. The molecule has 0 saturated carbocycles. The van der Waals surface area contributed by atoms with Crippen LogP contribution in [0.4, 0.5) is 0 Å². The third kappa shape index (κ3) is 3.52. The van der Waals surface area contributed by atoms with E-state index in [-0.39, 0.29) is 0 Å². The number of rotatable bonds is 6. The van der Waals surface area contributed by atoms with Gasteiger partial charge in [-0.3, -0.25) is 4.68 Å². The van der Waals surface area contributed by atoms with E-state index < -0.39 is 0 Å². The van der Waals surface area contributed by atoms with Crippen molar-refractivity contribution >= 4 is 15.9 Å². The fourth-order valence-corrected chi connectivity index (χ4v) is 2.51. The fraction of sp³-hybridized carbons (Fsp3) is 0.357. The highest BCUT2D eigenvalue weighted by molar-refractivity contribution is 9.10. The monoisotopic (exact) mass is 339 g/mol. The average Bonchev–Trinajstić information content (AvgIpc) is 2.83. The zero-order valence-electron chi connectivity index (χ0n) is 11.6. The molecule has 0 amide bonds. The van der Waals surface area contributed by atoms with E-state index >= 15 is 0 Å². The van der Waals surface area contributed by atoms with E-state index in [1.54, 1.807) is 11.8 Å². The number of benzene rings is 1. The maximum atomic E-state index is 5.81. The van der Waals surface area contributed by atoms with Gasteiger partial charge in [0.05, 0.1) is 17.3 Å². The Balaban J connectivity index is 2.17. The first kappa shape index (κ1) is 14.9. The van der Waals surface area contributed by atoms with Gasteiger partial charge in [-0.05, 0) is 52.7 Å². The van der Waals surface area contributed by atoms with Crippen LogP contribution in [0, 0.1) is 0 Å². The van der Waals surface area contributed by atoms with Crippen molar-refractivity contribution in [3.63, 3.8) is 0 Å². The van der Waals surface area contributed by atoms with Crippen molar-refractivity contribution in [1.82, 2.24) is 9.78 Å². The first-order chi connectivity index (χ1) is 9.63. The van der Waals surface area contributed by atoms with Crippen molar-refractivity contribution in [3.8, 4) is 11.5 Å². The molecule has 0 aliphatic rings. The van der Waals surface area contributed by atoms with Gasteiger partial charge in [-0.1, -0.05) is 0 Å². The van der Waals surface area contributed by atoms with Gasteiger partial charge in [0.1, 0.15) is 6.61 Å². The maximum absolute atomic E-state index is 5.81. The van der Waals surface area contributed by atoms with Crippen LogP contribution in [0.15, 0.2) is 28.9 Å².